The first-order chi connectivity index (χ1) is 11.7. The smallest absolute Gasteiger partial charge is 0.136 e. The van der Waals surface area contributed by atoms with Crippen molar-refractivity contribution in [2.45, 2.75) is 84.0 Å². The summed E-state index contributed by atoms with van der Waals surface area (Å²) in [4.78, 5) is 12.6. The third-order valence-electron chi connectivity index (χ3n) is 9.20. The van der Waals surface area contributed by atoms with Crippen LogP contribution in [0.15, 0.2) is 0 Å². The molecule has 0 spiro atoms. The van der Waals surface area contributed by atoms with Crippen LogP contribution >= 0.6 is 0 Å². The topological polar surface area (TPSA) is 77.8 Å². The predicted octanol–water partition coefficient (Wildman–Crippen LogP) is 2.54. The lowest BCUT2D eigenvalue weighted by Crippen LogP contribution is -2.61. The van der Waals surface area contributed by atoms with Crippen molar-refractivity contribution < 1.29 is 20.1 Å². The van der Waals surface area contributed by atoms with E-state index in [1.165, 1.54) is 0 Å². The molecule has 0 aliphatic heterocycles. The molecule has 0 radical (unpaired) electrons. The summed E-state index contributed by atoms with van der Waals surface area (Å²) in [6, 6.07) is 0. The number of hydrogen-bond acceptors (Lipinski definition) is 4. The fourth-order valence-electron chi connectivity index (χ4n) is 7.97. The fourth-order valence-corrected chi connectivity index (χ4v) is 7.97. The van der Waals surface area contributed by atoms with E-state index in [4.69, 9.17) is 0 Å². The van der Waals surface area contributed by atoms with Crippen LogP contribution in [0.25, 0.3) is 0 Å². The second kappa shape index (κ2) is 5.77. The number of hydrogen-bond donors (Lipinski definition) is 3. The SMILES string of the molecule is CC[C@H]1C(=O)CC2C3CCC4[C@@H](O)[C@@H](O)[C@@H](O)C[C@]4(C)C3CC[C@@]21C. The minimum atomic E-state index is -1.01. The van der Waals surface area contributed by atoms with Gasteiger partial charge in [-0.2, -0.15) is 0 Å². The quantitative estimate of drug-likeness (QED) is 0.679. The van der Waals surface area contributed by atoms with Crippen molar-refractivity contribution in [2.24, 2.45) is 40.4 Å². The van der Waals surface area contributed by atoms with Gasteiger partial charge in [-0.15, -0.1) is 0 Å². The van der Waals surface area contributed by atoms with Crippen molar-refractivity contribution in [1.82, 2.24) is 0 Å². The minimum absolute atomic E-state index is 0.0654. The van der Waals surface area contributed by atoms with Crippen LogP contribution in [0.4, 0.5) is 0 Å². The maximum atomic E-state index is 12.6. The zero-order valence-corrected chi connectivity index (χ0v) is 15.8. The molecular weight excluding hydrogens is 316 g/mol. The Bertz CT molecular complexity index is 562. The molecule has 4 aliphatic carbocycles. The van der Waals surface area contributed by atoms with Gasteiger partial charge in [0.15, 0.2) is 0 Å². The standard InChI is InChI=1S/C21H34O4/c1-4-12-16(22)9-15-11-5-6-14-18(24)19(25)17(23)10-21(14,3)13(11)7-8-20(12,15)2/h11-15,17-19,23-25H,4-10H2,1-3H3/t11?,12-,13?,14?,15?,17-,18+,19-,20+,21+/m0/s1. The van der Waals surface area contributed by atoms with E-state index in [1.807, 2.05) is 0 Å². The second-order valence-corrected chi connectivity index (χ2v) is 9.99. The largest absolute Gasteiger partial charge is 0.390 e. The van der Waals surface area contributed by atoms with Gasteiger partial charge in [0.2, 0.25) is 0 Å². The molecule has 4 heteroatoms. The van der Waals surface area contributed by atoms with E-state index in [0.29, 0.717) is 30.0 Å². The highest BCUT2D eigenvalue weighted by molar-refractivity contribution is 5.84. The van der Waals surface area contributed by atoms with Crippen LogP contribution in [-0.4, -0.2) is 39.4 Å². The first-order valence-electron chi connectivity index (χ1n) is 10.3. The summed E-state index contributed by atoms with van der Waals surface area (Å²) in [5.41, 5.74) is 0.0112. The molecule has 4 rings (SSSR count). The lowest BCUT2D eigenvalue weighted by molar-refractivity contribution is -0.207. The third kappa shape index (κ3) is 2.26. The lowest BCUT2D eigenvalue weighted by atomic mass is 9.44. The van der Waals surface area contributed by atoms with Crippen LogP contribution in [0, 0.1) is 40.4 Å². The average Bonchev–Trinajstić information content (AvgIpc) is 2.82. The summed E-state index contributed by atoms with van der Waals surface area (Å²) in [5, 5.41) is 31.1. The van der Waals surface area contributed by atoms with Gasteiger partial charge in [0.05, 0.1) is 12.2 Å². The van der Waals surface area contributed by atoms with E-state index in [1.54, 1.807) is 0 Å². The van der Waals surface area contributed by atoms with Crippen LogP contribution in [0.1, 0.15) is 65.7 Å². The van der Waals surface area contributed by atoms with Gasteiger partial charge >= 0.3 is 0 Å². The van der Waals surface area contributed by atoms with Gasteiger partial charge in [-0.3, -0.25) is 4.79 Å². The second-order valence-electron chi connectivity index (χ2n) is 9.99. The summed E-state index contributed by atoms with van der Waals surface area (Å²) < 4.78 is 0. The zero-order valence-electron chi connectivity index (χ0n) is 15.8. The molecule has 0 bridgehead atoms. The molecule has 4 saturated carbocycles. The number of carbonyl (C=O) groups excluding carboxylic acids is 1. The molecule has 0 aromatic rings. The number of rotatable bonds is 1. The van der Waals surface area contributed by atoms with Crippen LogP contribution in [0.2, 0.25) is 0 Å². The number of Topliss-reactive ketones (excluding diaryl/α,β-unsaturated/α-hetero) is 1. The number of aliphatic hydroxyl groups is 3. The Labute approximate surface area is 151 Å². The molecule has 4 nitrogen and oxygen atoms in total. The molecule has 0 aromatic carbocycles. The number of carbonyl (C=O) groups is 1. The molecule has 4 fully saturated rings. The molecule has 25 heavy (non-hydrogen) atoms. The Morgan fingerprint density at radius 3 is 2.36 bits per heavy atom. The normalized spacial score (nSPS) is 58.4. The highest BCUT2D eigenvalue weighted by Gasteiger charge is 2.63. The Hall–Kier alpha value is -0.450. The van der Waals surface area contributed by atoms with Crippen molar-refractivity contribution in [3.8, 4) is 0 Å². The van der Waals surface area contributed by atoms with E-state index in [2.05, 4.69) is 20.8 Å². The molecular formula is C21H34O4. The van der Waals surface area contributed by atoms with Gasteiger partial charge in [-0.25, -0.2) is 0 Å². The van der Waals surface area contributed by atoms with E-state index in [-0.39, 0.29) is 22.7 Å². The molecule has 0 aromatic heterocycles. The lowest BCUT2D eigenvalue weighted by Gasteiger charge is -2.62. The van der Waals surface area contributed by atoms with E-state index >= 15 is 0 Å². The average molecular weight is 350 g/mol. The summed E-state index contributed by atoms with van der Waals surface area (Å²) in [6.45, 7) is 6.72. The summed E-state index contributed by atoms with van der Waals surface area (Å²) in [7, 11) is 0. The molecule has 4 aliphatic rings. The molecule has 3 N–H and O–H groups in total. The van der Waals surface area contributed by atoms with Crippen LogP contribution < -0.4 is 0 Å². The third-order valence-corrected chi connectivity index (χ3v) is 9.20. The van der Waals surface area contributed by atoms with Gasteiger partial charge < -0.3 is 15.3 Å². The molecule has 0 amide bonds. The first kappa shape index (κ1) is 17.9. The van der Waals surface area contributed by atoms with E-state index in [0.717, 1.165) is 38.5 Å². The maximum absolute atomic E-state index is 12.6. The molecule has 4 unspecified atom stereocenters. The van der Waals surface area contributed by atoms with Gasteiger partial charge in [0.25, 0.3) is 0 Å². The van der Waals surface area contributed by atoms with Gasteiger partial charge in [0.1, 0.15) is 11.9 Å². The number of ketones is 1. The predicted molar refractivity (Wildman–Crippen MR) is 94.7 cm³/mol. The van der Waals surface area contributed by atoms with Crippen LogP contribution in [-0.2, 0) is 4.79 Å². The summed E-state index contributed by atoms with van der Waals surface area (Å²) in [5.74, 6) is 2.17. The van der Waals surface area contributed by atoms with Crippen molar-refractivity contribution >= 4 is 5.78 Å². The summed E-state index contributed by atoms with van der Waals surface area (Å²) >= 11 is 0. The fraction of sp³-hybridized carbons (Fsp3) is 0.952. The van der Waals surface area contributed by atoms with Crippen molar-refractivity contribution in [3.63, 3.8) is 0 Å². The monoisotopic (exact) mass is 350 g/mol. The van der Waals surface area contributed by atoms with Crippen molar-refractivity contribution in [3.05, 3.63) is 0 Å². The van der Waals surface area contributed by atoms with Gasteiger partial charge in [0, 0.05) is 12.3 Å². The number of fused-ring (bicyclic) bond motifs is 5. The van der Waals surface area contributed by atoms with Crippen LogP contribution in [0.5, 0.6) is 0 Å². The minimum Gasteiger partial charge on any atom is -0.390 e. The van der Waals surface area contributed by atoms with Crippen molar-refractivity contribution in [1.29, 1.82) is 0 Å². The molecule has 0 heterocycles. The Morgan fingerprint density at radius 1 is 0.960 bits per heavy atom. The van der Waals surface area contributed by atoms with E-state index < -0.39 is 18.3 Å². The number of aliphatic hydroxyl groups excluding tert-OH is 3. The summed E-state index contributed by atoms with van der Waals surface area (Å²) in [6.07, 6.45) is 3.71. The molecule has 0 saturated heterocycles. The first-order valence-corrected chi connectivity index (χ1v) is 10.3. The highest BCUT2D eigenvalue weighted by atomic mass is 16.4. The highest BCUT2D eigenvalue weighted by Crippen LogP contribution is 2.67. The van der Waals surface area contributed by atoms with Gasteiger partial charge in [-0.05, 0) is 73.0 Å². The Morgan fingerprint density at radius 2 is 1.68 bits per heavy atom. The van der Waals surface area contributed by atoms with E-state index in [9.17, 15) is 20.1 Å². The maximum Gasteiger partial charge on any atom is 0.136 e. The van der Waals surface area contributed by atoms with Crippen LogP contribution in [0.3, 0.4) is 0 Å². The Balaban J connectivity index is 1.66. The Kier molecular flexibility index (Phi) is 4.14. The van der Waals surface area contributed by atoms with Gasteiger partial charge in [-0.1, -0.05) is 20.8 Å². The van der Waals surface area contributed by atoms with Crippen molar-refractivity contribution in [2.75, 3.05) is 0 Å². The molecule has 142 valence electrons. The molecule has 10 atom stereocenters. The zero-order chi connectivity index (χ0) is 18.1.